The van der Waals surface area contributed by atoms with Crippen LogP contribution in [0.25, 0.3) is 0 Å². The van der Waals surface area contributed by atoms with Crippen molar-refractivity contribution in [3.63, 3.8) is 0 Å². The summed E-state index contributed by atoms with van der Waals surface area (Å²) in [6, 6.07) is 6.73. The average Bonchev–Trinajstić information content (AvgIpc) is 2.66. The second-order valence-corrected chi connectivity index (χ2v) is 8.01. The third-order valence-electron chi connectivity index (χ3n) is 3.82. The number of ether oxygens (including phenoxy) is 2. The van der Waals surface area contributed by atoms with Gasteiger partial charge in [0.15, 0.2) is 0 Å². The minimum absolute atomic E-state index is 0.00636. The highest BCUT2D eigenvalue weighted by Gasteiger charge is 2.44. The van der Waals surface area contributed by atoms with Gasteiger partial charge in [-0.3, -0.25) is 4.55 Å². The molecule has 2 unspecified atom stereocenters. The van der Waals surface area contributed by atoms with Crippen LogP contribution < -0.4 is 4.74 Å². The molecule has 5 atom stereocenters. The lowest BCUT2D eigenvalue weighted by molar-refractivity contribution is -0.205. The van der Waals surface area contributed by atoms with Crippen LogP contribution >= 0.6 is 11.8 Å². The van der Waals surface area contributed by atoms with Gasteiger partial charge in [-0.25, -0.2) is 4.28 Å². The molecule has 1 heterocycles. The molecule has 5 N–H and O–H groups in total. The summed E-state index contributed by atoms with van der Waals surface area (Å²) in [5.74, 6) is 0.533. The predicted octanol–water partition coefficient (Wildman–Crippen LogP) is -1.10. The first-order valence-electron chi connectivity index (χ1n) is 7.97. The van der Waals surface area contributed by atoms with Crippen molar-refractivity contribution in [3.05, 3.63) is 29.8 Å². The molecule has 158 valence electrons. The van der Waals surface area contributed by atoms with E-state index >= 15 is 0 Å². The van der Waals surface area contributed by atoms with Gasteiger partial charge in [0.25, 0.3) is 0 Å². The second kappa shape index (κ2) is 9.84. The number of oxime groups is 1. The molecule has 28 heavy (non-hydrogen) atoms. The number of hydrogen-bond donors (Lipinski definition) is 5. The summed E-state index contributed by atoms with van der Waals surface area (Å²) in [4.78, 5) is 0. The maximum Gasteiger partial charge on any atom is 0.466 e. The van der Waals surface area contributed by atoms with Crippen molar-refractivity contribution in [2.45, 2.75) is 36.3 Å². The number of benzene rings is 1. The van der Waals surface area contributed by atoms with E-state index in [0.29, 0.717) is 23.1 Å². The summed E-state index contributed by atoms with van der Waals surface area (Å²) in [6.07, 6.45) is -5.85. The molecule has 11 nitrogen and oxygen atoms in total. The molecule has 1 aromatic rings. The number of aliphatic hydroxyl groups is 4. The second-order valence-electron chi connectivity index (χ2n) is 5.83. The van der Waals surface area contributed by atoms with E-state index in [2.05, 4.69) is 9.44 Å². The molecule has 13 heteroatoms. The van der Waals surface area contributed by atoms with Gasteiger partial charge >= 0.3 is 10.4 Å². The summed E-state index contributed by atoms with van der Waals surface area (Å²) in [7, 11) is -3.40. The van der Waals surface area contributed by atoms with E-state index < -0.39 is 46.9 Å². The zero-order chi connectivity index (χ0) is 20.9. The number of nitrogens with zero attached hydrogens (tertiary/aromatic N) is 1. The van der Waals surface area contributed by atoms with E-state index in [1.165, 1.54) is 7.11 Å². The third kappa shape index (κ3) is 6.28. The highest BCUT2D eigenvalue weighted by atomic mass is 32.3. The van der Waals surface area contributed by atoms with Crippen molar-refractivity contribution in [2.75, 3.05) is 13.7 Å². The van der Waals surface area contributed by atoms with Crippen LogP contribution in [-0.4, -0.2) is 82.0 Å². The number of rotatable bonds is 7. The molecular formula is C15H21NO10S2. The van der Waals surface area contributed by atoms with Crippen LogP contribution in [0.3, 0.4) is 0 Å². The normalized spacial score (nSPS) is 28.8. The van der Waals surface area contributed by atoms with Gasteiger partial charge in [0, 0.05) is 6.42 Å². The Morgan fingerprint density at radius 3 is 2.57 bits per heavy atom. The number of methoxy groups -OCH3 is 1. The van der Waals surface area contributed by atoms with Crippen LogP contribution in [0.15, 0.2) is 29.4 Å². The molecule has 1 fully saturated rings. The van der Waals surface area contributed by atoms with Crippen LogP contribution in [0.2, 0.25) is 0 Å². The molecule has 1 saturated heterocycles. The van der Waals surface area contributed by atoms with Crippen molar-refractivity contribution in [1.82, 2.24) is 0 Å². The van der Waals surface area contributed by atoms with Gasteiger partial charge in [-0.1, -0.05) is 29.1 Å². The highest BCUT2D eigenvalue weighted by Crippen LogP contribution is 2.30. The Bertz CT molecular complexity index is 785. The summed E-state index contributed by atoms with van der Waals surface area (Å²) < 4.78 is 45.0. The van der Waals surface area contributed by atoms with Gasteiger partial charge in [-0.05, 0) is 17.7 Å². The summed E-state index contributed by atoms with van der Waals surface area (Å²) in [5, 5.41) is 42.4. The van der Waals surface area contributed by atoms with Crippen LogP contribution in [-0.2, 0) is 25.8 Å². The van der Waals surface area contributed by atoms with E-state index in [4.69, 9.17) is 14.0 Å². The fourth-order valence-corrected chi connectivity index (χ4v) is 3.77. The van der Waals surface area contributed by atoms with Crippen molar-refractivity contribution in [3.8, 4) is 5.75 Å². The van der Waals surface area contributed by atoms with Gasteiger partial charge in [0.1, 0.15) is 40.6 Å². The van der Waals surface area contributed by atoms with Gasteiger partial charge < -0.3 is 29.9 Å². The Labute approximate surface area is 165 Å². The summed E-state index contributed by atoms with van der Waals surface area (Å²) >= 11 is 0.702. The Morgan fingerprint density at radius 2 is 1.96 bits per heavy atom. The van der Waals surface area contributed by atoms with Crippen LogP contribution in [0, 0.1) is 0 Å². The quantitative estimate of drug-likeness (QED) is 0.151. The largest absolute Gasteiger partial charge is 0.497 e. The molecule has 1 aliphatic heterocycles. The molecule has 0 amide bonds. The Hall–Kier alpha value is -1.45. The first-order valence-corrected chi connectivity index (χ1v) is 10.2. The Kier molecular flexibility index (Phi) is 8.03. The summed E-state index contributed by atoms with van der Waals surface area (Å²) in [6.45, 7) is -0.619. The first kappa shape index (κ1) is 22.8. The van der Waals surface area contributed by atoms with E-state index in [9.17, 15) is 28.8 Å². The smallest absolute Gasteiger partial charge is 0.466 e. The molecule has 0 radical (unpaired) electrons. The van der Waals surface area contributed by atoms with E-state index in [1.807, 2.05) is 0 Å². The maximum absolute atomic E-state index is 10.8. The predicted molar refractivity (Wildman–Crippen MR) is 98.1 cm³/mol. The molecule has 0 aliphatic carbocycles. The van der Waals surface area contributed by atoms with Crippen molar-refractivity contribution in [1.29, 1.82) is 0 Å². The lowest BCUT2D eigenvalue weighted by atomic mass is 10.0. The number of aliphatic hydroxyl groups excluding tert-OH is 4. The standard InChI is InChI=1S/C15H21NO10S2/c1-24-9-4-2-3-8(5-9)6-11(16-26-28(21,22)23)27-15-14(20)13(19)12(18)10(7-17)25-15/h2-5,10,12-15,17-20H,6-7H2,1H3,(H,21,22,23)/b16-11-/t10?,12-,13+,14?,15+/m1/s1. The Morgan fingerprint density at radius 1 is 1.25 bits per heavy atom. The fourth-order valence-electron chi connectivity index (χ4n) is 2.44. The van der Waals surface area contributed by atoms with Gasteiger partial charge in [0.05, 0.1) is 13.7 Å². The molecule has 0 bridgehead atoms. The Balaban J connectivity index is 2.23. The SMILES string of the molecule is COc1cccc(C/C(=N/OS(=O)(=O)O)S[C@@H]2OC(CO)[C@@H](O)[C@H](O)C2O)c1. The van der Waals surface area contributed by atoms with E-state index in [-0.39, 0.29) is 11.5 Å². The minimum atomic E-state index is -4.87. The average molecular weight is 439 g/mol. The topological polar surface area (TPSA) is 175 Å². The molecule has 0 aromatic heterocycles. The van der Waals surface area contributed by atoms with Crippen LogP contribution in [0.5, 0.6) is 5.75 Å². The molecule has 1 aliphatic rings. The lowest BCUT2D eigenvalue weighted by Crippen LogP contribution is -2.57. The van der Waals surface area contributed by atoms with Crippen LogP contribution in [0.1, 0.15) is 5.56 Å². The van der Waals surface area contributed by atoms with Crippen molar-refractivity contribution in [2.24, 2.45) is 5.16 Å². The monoisotopic (exact) mass is 439 g/mol. The highest BCUT2D eigenvalue weighted by molar-refractivity contribution is 8.14. The van der Waals surface area contributed by atoms with Gasteiger partial charge in [-0.15, -0.1) is 0 Å². The zero-order valence-corrected chi connectivity index (χ0v) is 16.3. The van der Waals surface area contributed by atoms with Crippen LogP contribution in [0.4, 0.5) is 0 Å². The van der Waals surface area contributed by atoms with Gasteiger partial charge in [0.2, 0.25) is 0 Å². The summed E-state index contributed by atoms with van der Waals surface area (Å²) in [5.41, 5.74) is -0.570. The third-order valence-corrected chi connectivity index (χ3v) is 5.20. The van der Waals surface area contributed by atoms with Gasteiger partial charge in [-0.2, -0.15) is 8.42 Å². The minimum Gasteiger partial charge on any atom is -0.497 e. The lowest BCUT2D eigenvalue weighted by Gasteiger charge is -2.39. The molecule has 0 saturated carbocycles. The number of thioether (sulfide) groups is 1. The molecule has 2 rings (SSSR count). The molecule has 0 spiro atoms. The molecular weight excluding hydrogens is 418 g/mol. The number of hydrogen-bond acceptors (Lipinski definition) is 11. The van der Waals surface area contributed by atoms with Crippen molar-refractivity contribution >= 4 is 27.2 Å². The fraction of sp³-hybridized carbons (Fsp3) is 0.533. The zero-order valence-electron chi connectivity index (χ0n) is 14.7. The first-order chi connectivity index (χ1) is 13.1. The van der Waals surface area contributed by atoms with E-state index in [0.717, 1.165) is 0 Å². The molecule has 1 aromatic carbocycles. The van der Waals surface area contributed by atoms with Crippen molar-refractivity contribution < 1.29 is 47.2 Å². The van der Waals surface area contributed by atoms with E-state index in [1.54, 1.807) is 24.3 Å². The maximum atomic E-state index is 10.8.